The Bertz CT molecular complexity index is 2780. The van der Waals surface area contributed by atoms with E-state index in [0.29, 0.717) is 17.5 Å². The van der Waals surface area contributed by atoms with Gasteiger partial charge in [-0.25, -0.2) is 15.0 Å². The molecule has 0 bridgehead atoms. The van der Waals surface area contributed by atoms with Gasteiger partial charge in [0.15, 0.2) is 17.5 Å². The second-order valence-corrected chi connectivity index (χ2v) is 13.5. The van der Waals surface area contributed by atoms with E-state index >= 15 is 0 Å². The van der Waals surface area contributed by atoms with Crippen molar-refractivity contribution >= 4 is 63.8 Å². The zero-order valence-electron chi connectivity index (χ0n) is 26.3. The number of thiophene rings is 1. The van der Waals surface area contributed by atoms with Crippen LogP contribution in [0.15, 0.2) is 164 Å². The summed E-state index contributed by atoms with van der Waals surface area (Å²) in [7, 11) is 0. The van der Waals surface area contributed by atoms with Gasteiger partial charge in [-0.3, -0.25) is 0 Å². The Labute approximate surface area is 286 Å². The van der Waals surface area contributed by atoms with Gasteiger partial charge in [0, 0.05) is 36.9 Å². The maximum Gasteiger partial charge on any atom is 0.164 e. The highest BCUT2D eigenvalue weighted by atomic mass is 32.1. The van der Waals surface area contributed by atoms with Gasteiger partial charge in [0.1, 0.15) is 0 Å². The number of nitrogens with zero attached hydrogens (tertiary/aromatic N) is 3. The van der Waals surface area contributed by atoms with E-state index in [1.165, 1.54) is 63.6 Å². The van der Waals surface area contributed by atoms with Crippen molar-refractivity contribution in [2.24, 2.45) is 0 Å². The molecule has 0 amide bonds. The van der Waals surface area contributed by atoms with Crippen molar-refractivity contribution in [2.75, 3.05) is 0 Å². The molecule has 0 atom stereocenters. The first-order valence-electron chi connectivity index (χ1n) is 16.4. The third kappa shape index (κ3) is 4.68. The molecular weight excluding hydrogens is 615 g/mol. The van der Waals surface area contributed by atoms with Crippen LogP contribution in [0.2, 0.25) is 0 Å². The minimum absolute atomic E-state index is 0.667. The van der Waals surface area contributed by atoms with E-state index in [0.717, 1.165) is 16.7 Å². The predicted octanol–water partition coefficient (Wildman–Crippen LogP) is 12.4. The molecular formula is C45H27N3S. The average molecular weight is 642 g/mol. The van der Waals surface area contributed by atoms with Crippen LogP contribution in [0.5, 0.6) is 0 Å². The van der Waals surface area contributed by atoms with Gasteiger partial charge in [-0.05, 0) is 73.8 Å². The van der Waals surface area contributed by atoms with E-state index in [-0.39, 0.29) is 0 Å². The molecule has 0 saturated carbocycles. The minimum atomic E-state index is 0.667. The van der Waals surface area contributed by atoms with Crippen molar-refractivity contribution in [2.45, 2.75) is 0 Å². The molecule has 10 rings (SSSR count). The van der Waals surface area contributed by atoms with E-state index in [2.05, 4.69) is 103 Å². The first kappa shape index (κ1) is 27.8. The Morgan fingerprint density at radius 3 is 1.29 bits per heavy atom. The zero-order chi connectivity index (χ0) is 32.3. The largest absolute Gasteiger partial charge is 0.208 e. The fraction of sp³-hybridized carbons (Fsp3) is 0. The Hall–Kier alpha value is -6.23. The molecule has 8 aromatic carbocycles. The second kappa shape index (κ2) is 11.2. The summed E-state index contributed by atoms with van der Waals surface area (Å²) >= 11 is 1.83. The van der Waals surface area contributed by atoms with Crippen molar-refractivity contribution in [1.29, 1.82) is 0 Å². The number of rotatable bonds is 4. The van der Waals surface area contributed by atoms with Crippen LogP contribution < -0.4 is 0 Å². The van der Waals surface area contributed by atoms with Crippen LogP contribution >= 0.6 is 11.3 Å². The fourth-order valence-corrected chi connectivity index (χ4v) is 8.25. The summed E-state index contributed by atoms with van der Waals surface area (Å²) in [6.45, 7) is 0. The van der Waals surface area contributed by atoms with Crippen molar-refractivity contribution < 1.29 is 0 Å². The quantitative estimate of drug-likeness (QED) is 0.180. The average Bonchev–Trinajstić information content (AvgIpc) is 3.55. The first-order chi connectivity index (χ1) is 24.3. The van der Waals surface area contributed by atoms with Crippen molar-refractivity contribution in [3.05, 3.63) is 164 Å². The fourth-order valence-electron chi connectivity index (χ4n) is 7.12. The standard InChI is InChI=1S/C45H27N3S/c1-3-11-28(12-4-1)43-46-44(29-13-5-2-6-14-29)48-45(47-43)32-21-24-41-40(26-32)38-23-20-31(27-42(38)49-41)30-19-22-37-35-17-8-7-15-33(35)34-16-9-10-18-36(34)39(37)25-30/h1-27H. The van der Waals surface area contributed by atoms with Crippen LogP contribution in [0.25, 0.3) is 97.8 Å². The van der Waals surface area contributed by atoms with Gasteiger partial charge in [-0.15, -0.1) is 11.3 Å². The highest BCUT2D eigenvalue weighted by Crippen LogP contribution is 2.41. The SMILES string of the molecule is c1ccc(-c2nc(-c3ccccc3)nc(-c3ccc4sc5cc(-c6ccc7c8ccccc8c8ccccc8c7c6)ccc5c4c3)n2)cc1. The molecule has 10 aromatic rings. The van der Waals surface area contributed by atoms with E-state index < -0.39 is 0 Å². The maximum absolute atomic E-state index is 4.97. The van der Waals surface area contributed by atoms with Crippen LogP contribution in [0.1, 0.15) is 0 Å². The van der Waals surface area contributed by atoms with E-state index in [1.54, 1.807) is 0 Å². The van der Waals surface area contributed by atoms with Crippen LogP contribution in [0.4, 0.5) is 0 Å². The molecule has 0 aliphatic heterocycles. The number of hydrogen-bond acceptors (Lipinski definition) is 4. The third-order valence-corrected chi connectivity index (χ3v) is 10.6. The highest BCUT2D eigenvalue weighted by Gasteiger charge is 2.15. The molecule has 0 aliphatic carbocycles. The molecule has 0 fully saturated rings. The predicted molar refractivity (Wildman–Crippen MR) is 207 cm³/mol. The summed E-state index contributed by atoms with van der Waals surface area (Å²) in [6, 6.07) is 58.1. The lowest BCUT2D eigenvalue weighted by atomic mass is 9.92. The third-order valence-electron chi connectivity index (χ3n) is 9.51. The monoisotopic (exact) mass is 641 g/mol. The molecule has 2 aromatic heterocycles. The Morgan fingerprint density at radius 2 is 0.694 bits per heavy atom. The Morgan fingerprint density at radius 1 is 0.265 bits per heavy atom. The molecule has 0 radical (unpaired) electrons. The lowest BCUT2D eigenvalue weighted by Crippen LogP contribution is -2.00. The van der Waals surface area contributed by atoms with Gasteiger partial charge >= 0.3 is 0 Å². The molecule has 4 heteroatoms. The van der Waals surface area contributed by atoms with Crippen molar-refractivity contribution in [3.63, 3.8) is 0 Å². The summed E-state index contributed by atoms with van der Waals surface area (Å²) in [5.74, 6) is 2.00. The van der Waals surface area contributed by atoms with Gasteiger partial charge in [0.2, 0.25) is 0 Å². The van der Waals surface area contributed by atoms with Gasteiger partial charge in [0.05, 0.1) is 0 Å². The second-order valence-electron chi connectivity index (χ2n) is 12.4. The Balaban J connectivity index is 1.09. The normalized spacial score (nSPS) is 11.7. The molecule has 0 saturated heterocycles. The molecule has 3 nitrogen and oxygen atoms in total. The van der Waals surface area contributed by atoms with Gasteiger partial charge in [0.25, 0.3) is 0 Å². The molecule has 228 valence electrons. The Kier molecular flexibility index (Phi) is 6.36. The molecule has 0 aliphatic rings. The lowest BCUT2D eigenvalue weighted by Gasteiger charge is -2.12. The van der Waals surface area contributed by atoms with Crippen LogP contribution in [-0.4, -0.2) is 15.0 Å². The molecule has 49 heavy (non-hydrogen) atoms. The van der Waals surface area contributed by atoms with Gasteiger partial charge < -0.3 is 0 Å². The van der Waals surface area contributed by atoms with Crippen LogP contribution in [-0.2, 0) is 0 Å². The summed E-state index contributed by atoms with van der Waals surface area (Å²) in [4.78, 5) is 14.8. The summed E-state index contributed by atoms with van der Waals surface area (Å²) in [6.07, 6.45) is 0. The van der Waals surface area contributed by atoms with E-state index in [9.17, 15) is 0 Å². The van der Waals surface area contributed by atoms with E-state index in [1.807, 2.05) is 72.0 Å². The zero-order valence-corrected chi connectivity index (χ0v) is 27.2. The van der Waals surface area contributed by atoms with E-state index in [4.69, 9.17) is 15.0 Å². The van der Waals surface area contributed by atoms with Crippen LogP contribution in [0.3, 0.4) is 0 Å². The first-order valence-corrected chi connectivity index (χ1v) is 17.3. The van der Waals surface area contributed by atoms with Gasteiger partial charge in [-0.1, -0.05) is 133 Å². The number of hydrogen-bond donors (Lipinski definition) is 0. The van der Waals surface area contributed by atoms with Crippen molar-refractivity contribution in [3.8, 4) is 45.3 Å². The summed E-state index contributed by atoms with van der Waals surface area (Å²) < 4.78 is 2.51. The summed E-state index contributed by atoms with van der Waals surface area (Å²) in [5.41, 5.74) is 5.35. The molecule has 0 unspecified atom stereocenters. The number of aromatic nitrogens is 3. The molecule has 0 N–H and O–H groups in total. The van der Waals surface area contributed by atoms with Gasteiger partial charge in [-0.2, -0.15) is 0 Å². The number of fused-ring (bicyclic) bond motifs is 9. The molecule has 2 heterocycles. The number of benzene rings is 8. The maximum atomic E-state index is 4.97. The van der Waals surface area contributed by atoms with Crippen molar-refractivity contribution in [1.82, 2.24) is 15.0 Å². The lowest BCUT2D eigenvalue weighted by molar-refractivity contribution is 1.07. The smallest absolute Gasteiger partial charge is 0.164 e. The topological polar surface area (TPSA) is 38.7 Å². The van der Waals surface area contributed by atoms with Crippen LogP contribution in [0, 0.1) is 0 Å². The summed E-state index contributed by atoms with van der Waals surface area (Å²) in [5, 5.41) is 10.2. The minimum Gasteiger partial charge on any atom is -0.208 e. The molecule has 0 spiro atoms. The highest BCUT2D eigenvalue weighted by molar-refractivity contribution is 7.25.